The summed E-state index contributed by atoms with van der Waals surface area (Å²) in [5, 5.41) is 0. The number of allylic oxidation sites excluding steroid dienone is 8. The molecular weight excluding hydrogens is 192 g/mol. The Balaban J connectivity index is 3.33. The summed E-state index contributed by atoms with van der Waals surface area (Å²) in [6.07, 6.45) is 24.7. The number of rotatable bonds is 9. The Kier molecular flexibility index (Phi) is 13.1. The van der Waals surface area contributed by atoms with E-state index in [1.165, 1.54) is 38.5 Å². The molecule has 16 heavy (non-hydrogen) atoms. The van der Waals surface area contributed by atoms with E-state index in [0.29, 0.717) is 0 Å². The van der Waals surface area contributed by atoms with Crippen molar-refractivity contribution < 1.29 is 0 Å². The van der Waals surface area contributed by atoms with E-state index in [0.717, 1.165) is 0 Å². The highest BCUT2D eigenvalue weighted by molar-refractivity contribution is 5.14. The summed E-state index contributed by atoms with van der Waals surface area (Å²) >= 11 is 0. The molecule has 0 rings (SSSR count). The van der Waals surface area contributed by atoms with Crippen LogP contribution in [0.3, 0.4) is 0 Å². The number of unbranched alkanes of at least 4 members (excludes halogenated alkanes) is 5. The SMILES string of the molecule is CC=CC=CC=CC=CCCCCCCC. The molecule has 0 amide bonds. The molecule has 0 heteroatoms. The number of hydrogen-bond acceptors (Lipinski definition) is 0. The minimum atomic E-state index is 1.21. The molecule has 0 aliphatic rings. The molecule has 0 atom stereocenters. The van der Waals surface area contributed by atoms with Gasteiger partial charge in [-0.15, -0.1) is 0 Å². The van der Waals surface area contributed by atoms with Gasteiger partial charge in [-0.1, -0.05) is 81.2 Å². The van der Waals surface area contributed by atoms with E-state index < -0.39 is 0 Å². The van der Waals surface area contributed by atoms with E-state index in [4.69, 9.17) is 0 Å². The predicted molar refractivity (Wildman–Crippen MR) is 75.6 cm³/mol. The smallest absolute Gasteiger partial charge is 0.0348 e. The summed E-state index contributed by atoms with van der Waals surface area (Å²) in [5.74, 6) is 0. The third-order valence-corrected chi connectivity index (χ3v) is 2.36. The largest absolute Gasteiger partial charge is 0.0877 e. The topological polar surface area (TPSA) is 0 Å². The minimum absolute atomic E-state index is 1.21. The van der Waals surface area contributed by atoms with Gasteiger partial charge in [0.15, 0.2) is 0 Å². The molecule has 0 heterocycles. The van der Waals surface area contributed by atoms with E-state index in [2.05, 4.69) is 31.2 Å². The summed E-state index contributed by atoms with van der Waals surface area (Å²) in [6, 6.07) is 0. The maximum absolute atomic E-state index is 2.26. The monoisotopic (exact) mass is 218 g/mol. The number of hydrogen-bond donors (Lipinski definition) is 0. The summed E-state index contributed by atoms with van der Waals surface area (Å²) in [6.45, 7) is 4.28. The van der Waals surface area contributed by atoms with Crippen LogP contribution in [0, 0.1) is 0 Å². The van der Waals surface area contributed by atoms with E-state index in [-0.39, 0.29) is 0 Å². The van der Waals surface area contributed by atoms with Gasteiger partial charge in [-0.3, -0.25) is 0 Å². The van der Waals surface area contributed by atoms with Gasteiger partial charge in [0.1, 0.15) is 0 Å². The lowest BCUT2D eigenvalue weighted by molar-refractivity contribution is 0.637. The molecule has 0 aromatic carbocycles. The van der Waals surface area contributed by atoms with E-state index in [1.807, 2.05) is 31.2 Å². The van der Waals surface area contributed by atoms with Crippen molar-refractivity contribution in [2.75, 3.05) is 0 Å². The molecule has 0 saturated carbocycles. The molecule has 0 aliphatic carbocycles. The van der Waals surface area contributed by atoms with Gasteiger partial charge in [0.25, 0.3) is 0 Å². The predicted octanol–water partition coefficient (Wildman–Crippen LogP) is 5.59. The Labute approximate surface area is 101 Å². The molecule has 0 aromatic rings. The molecular formula is C16H26. The lowest BCUT2D eigenvalue weighted by Crippen LogP contribution is -1.75. The van der Waals surface area contributed by atoms with Gasteiger partial charge in [-0.05, 0) is 19.8 Å². The maximum atomic E-state index is 2.26. The van der Waals surface area contributed by atoms with Crippen molar-refractivity contribution in [2.24, 2.45) is 0 Å². The fraction of sp³-hybridized carbons (Fsp3) is 0.500. The molecule has 0 radical (unpaired) electrons. The molecule has 0 N–H and O–H groups in total. The van der Waals surface area contributed by atoms with Crippen LogP contribution in [-0.4, -0.2) is 0 Å². The lowest BCUT2D eigenvalue weighted by atomic mass is 10.1. The normalized spacial score (nSPS) is 12.9. The van der Waals surface area contributed by atoms with Crippen molar-refractivity contribution in [3.63, 3.8) is 0 Å². The van der Waals surface area contributed by atoms with Crippen LogP contribution in [0.25, 0.3) is 0 Å². The van der Waals surface area contributed by atoms with Crippen LogP contribution < -0.4 is 0 Å². The Morgan fingerprint density at radius 2 is 1.31 bits per heavy atom. The zero-order valence-electron chi connectivity index (χ0n) is 10.9. The molecule has 0 aliphatic heterocycles. The van der Waals surface area contributed by atoms with Crippen LogP contribution in [0.5, 0.6) is 0 Å². The van der Waals surface area contributed by atoms with Crippen molar-refractivity contribution in [1.29, 1.82) is 0 Å². The highest BCUT2D eigenvalue weighted by Gasteiger charge is 1.85. The van der Waals surface area contributed by atoms with E-state index in [9.17, 15) is 0 Å². The van der Waals surface area contributed by atoms with E-state index >= 15 is 0 Å². The summed E-state index contributed by atoms with van der Waals surface area (Å²) < 4.78 is 0. The summed E-state index contributed by atoms with van der Waals surface area (Å²) in [7, 11) is 0. The third kappa shape index (κ3) is 13.0. The summed E-state index contributed by atoms with van der Waals surface area (Å²) in [5.41, 5.74) is 0. The molecule has 0 nitrogen and oxygen atoms in total. The zero-order chi connectivity index (χ0) is 11.9. The average molecular weight is 218 g/mol. The Morgan fingerprint density at radius 1 is 0.688 bits per heavy atom. The Hall–Kier alpha value is -1.04. The minimum Gasteiger partial charge on any atom is -0.0877 e. The maximum Gasteiger partial charge on any atom is -0.0348 e. The van der Waals surface area contributed by atoms with Crippen molar-refractivity contribution >= 4 is 0 Å². The lowest BCUT2D eigenvalue weighted by Gasteiger charge is -1.95. The Morgan fingerprint density at radius 3 is 2.00 bits per heavy atom. The van der Waals surface area contributed by atoms with Gasteiger partial charge in [0.2, 0.25) is 0 Å². The molecule has 0 spiro atoms. The first-order valence-corrected chi connectivity index (χ1v) is 6.53. The molecule has 0 aromatic heterocycles. The van der Waals surface area contributed by atoms with Gasteiger partial charge in [-0.25, -0.2) is 0 Å². The third-order valence-electron chi connectivity index (χ3n) is 2.36. The fourth-order valence-electron chi connectivity index (χ4n) is 1.41. The van der Waals surface area contributed by atoms with Crippen molar-refractivity contribution in [3.05, 3.63) is 48.6 Å². The van der Waals surface area contributed by atoms with Crippen LogP contribution >= 0.6 is 0 Å². The van der Waals surface area contributed by atoms with Crippen molar-refractivity contribution in [3.8, 4) is 0 Å². The molecule has 0 fully saturated rings. The zero-order valence-corrected chi connectivity index (χ0v) is 10.9. The quantitative estimate of drug-likeness (QED) is 0.349. The van der Waals surface area contributed by atoms with Gasteiger partial charge >= 0.3 is 0 Å². The molecule has 0 saturated heterocycles. The van der Waals surface area contributed by atoms with Crippen molar-refractivity contribution in [2.45, 2.75) is 52.4 Å². The van der Waals surface area contributed by atoms with Crippen molar-refractivity contribution in [1.82, 2.24) is 0 Å². The fourth-order valence-corrected chi connectivity index (χ4v) is 1.41. The second-order valence-corrected chi connectivity index (χ2v) is 3.93. The van der Waals surface area contributed by atoms with Gasteiger partial charge in [-0.2, -0.15) is 0 Å². The first-order valence-electron chi connectivity index (χ1n) is 6.53. The van der Waals surface area contributed by atoms with Crippen LogP contribution in [0.1, 0.15) is 52.4 Å². The van der Waals surface area contributed by atoms with Gasteiger partial charge < -0.3 is 0 Å². The first-order chi connectivity index (χ1) is 7.91. The van der Waals surface area contributed by atoms with Crippen LogP contribution in [-0.2, 0) is 0 Å². The first kappa shape index (κ1) is 15.0. The molecule has 90 valence electrons. The average Bonchev–Trinajstić information content (AvgIpc) is 2.31. The molecule has 0 unspecified atom stereocenters. The van der Waals surface area contributed by atoms with Crippen LogP contribution in [0.2, 0.25) is 0 Å². The van der Waals surface area contributed by atoms with Crippen LogP contribution in [0.15, 0.2) is 48.6 Å². The van der Waals surface area contributed by atoms with Crippen LogP contribution in [0.4, 0.5) is 0 Å². The second-order valence-electron chi connectivity index (χ2n) is 3.93. The summed E-state index contributed by atoms with van der Waals surface area (Å²) in [4.78, 5) is 0. The molecule has 0 bridgehead atoms. The highest BCUT2D eigenvalue weighted by Crippen LogP contribution is 2.05. The highest BCUT2D eigenvalue weighted by atomic mass is 13.9. The van der Waals surface area contributed by atoms with Gasteiger partial charge in [0, 0.05) is 0 Å². The second kappa shape index (κ2) is 14.0. The standard InChI is InChI=1S/C16H26/c1-3-5-7-9-11-13-15-16-14-12-10-8-6-4-2/h3,5,7,9,11,13,15-16H,4,6,8,10,12,14H2,1-2H3. The van der Waals surface area contributed by atoms with Gasteiger partial charge in [0.05, 0.1) is 0 Å². The van der Waals surface area contributed by atoms with E-state index in [1.54, 1.807) is 0 Å². The Bertz CT molecular complexity index is 228.